The minimum Gasteiger partial charge on any atom is -0.469 e. The smallest absolute Gasteiger partial charge is 0.305 e. The summed E-state index contributed by atoms with van der Waals surface area (Å²) in [5, 5.41) is 29.9. The zero-order chi connectivity index (χ0) is 17.2. The molecule has 0 aliphatic heterocycles. The van der Waals surface area contributed by atoms with Gasteiger partial charge in [-0.3, -0.25) is 14.9 Å². The topological polar surface area (TPSA) is 110 Å². The van der Waals surface area contributed by atoms with Crippen molar-refractivity contribution in [3.63, 3.8) is 0 Å². The fourth-order valence-corrected chi connectivity index (χ4v) is 3.42. The van der Waals surface area contributed by atoms with Crippen molar-refractivity contribution in [3.8, 4) is 0 Å². The normalized spacial score (nSPS) is 25.6. The van der Waals surface area contributed by atoms with Crippen molar-refractivity contribution in [1.29, 1.82) is 0 Å². The highest BCUT2D eigenvalue weighted by Gasteiger charge is 2.40. The van der Waals surface area contributed by atoms with Crippen LogP contribution in [0.2, 0.25) is 0 Å². The van der Waals surface area contributed by atoms with Gasteiger partial charge >= 0.3 is 5.97 Å². The van der Waals surface area contributed by atoms with Crippen molar-refractivity contribution < 1.29 is 24.7 Å². The van der Waals surface area contributed by atoms with Crippen molar-refractivity contribution in [2.45, 2.75) is 44.6 Å². The molecule has 0 aromatic rings. The van der Waals surface area contributed by atoms with E-state index in [1.807, 2.05) is 12.2 Å². The van der Waals surface area contributed by atoms with Crippen molar-refractivity contribution in [2.75, 3.05) is 20.3 Å². The van der Waals surface area contributed by atoms with Crippen LogP contribution in [0.5, 0.6) is 0 Å². The predicted molar refractivity (Wildman–Crippen MR) is 84.3 cm³/mol. The fraction of sp³-hybridized carbons (Fsp3) is 0.812. The van der Waals surface area contributed by atoms with Gasteiger partial charge in [0.2, 0.25) is 6.54 Å². The molecule has 0 amide bonds. The number of carbonyl (C=O) groups is 1. The maximum absolute atomic E-state index is 11.0. The summed E-state index contributed by atoms with van der Waals surface area (Å²) >= 11 is 0. The number of rotatable bonds is 10. The molecule has 23 heavy (non-hydrogen) atoms. The number of unbranched alkanes of at least 4 members (excludes halogenated alkanes) is 1. The summed E-state index contributed by atoms with van der Waals surface area (Å²) < 4.78 is 4.56. The van der Waals surface area contributed by atoms with Crippen LogP contribution in [0.4, 0.5) is 0 Å². The van der Waals surface area contributed by atoms with Gasteiger partial charge in [-0.05, 0) is 43.9 Å². The molecule has 132 valence electrons. The van der Waals surface area contributed by atoms with Gasteiger partial charge in [0.05, 0.1) is 19.8 Å². The number of nitrogens with zero attached hydrogens (tertiary/aromatic N) is 1. The van der Waals surface area contributed by atoms with E-state index in [1.54, 1.807) is 0 Å². The van der Waals surface area contributed by atoms with Gasteiger partial charge in [-0.25, -0.2) is 0 Å². The Morgan fingerprint density at radius 3 is 2.78 bits per heavy atom. The van der Waals surface area contributed by atoms with Gasteiger partial charge in [-0.2, -0.15) is 0 Å². The third-order valence-corrected chi connectivity index (χ3v) is 4.65. The molecule has 7 nitrogen and oxygen atoms in total. The van der Waals surface area contributed by atoms with E-state index in [1.165, 1.54) is 7.11 Å². The van der Waals surface area contributed by atoms with Crippen LogP contribution in [0.25, 0.3) is 0 Å². The summed E-state index contributed by atoms with van der Waals surface area (Å²) in [7, 11) is 1.36. The largest absolute Gasteiger partial charge is 0.469 e. The molecule has 0 aromatic heterocycles. The third-order valence-electron chi connectivity index (χ3n) is 4.65. The lowest BCUT2D eigenvalue weighted by Gasteiger charge is -2.25. The summed E-state index contributed by atoms with van der Waals surface area (Å²) in [5.74, 6) is -0.369. The molecule has 0 spiro atoms. The number of nitro groups is 1. The molecule has 4 atom stereocenters. The van der Waals surface area contributed by atoms with E-state index in [0.717, 1.165) is 6.42 Å². The third kappa shape index (κ3) is 6.66. The first-order valence-corrected chi connectivity index (χ1v) is 8.12. The molecule has 7 heteroatoms. The number of methoxy groups -OCH3 is 1. The Kier molecular flexibility index (Phi) is 8.79. The molecule has 0 bridgehead atoms. The average molecular weight is 329 g/mol. The van der Waals surface area contributed by atoms with E-state index in [-0.39, 0.29) is 41.8 Å². The van der Waals surface area contributed by atoms with E-state index in [4.69, 9.17) is 5.11 Å². The fourth-order valence-electron chi connectivity index (χ4n) is 3.42. The minimum atomic E-state index is -0.815. The molecule has 1 aliphatic rings. The van der Waals surface area contributed by atoms with Gasteiger partial charge in [-0.15, -0.1) is 0 Å². The Hall–Kier alpha value is -1.47. The summed E-state index contributed by atoms with van der Waals surface area (Å²) in [6.07, 6.45) is 7.02. The van der Waals surface area contributed by atoms with Gasteiger partial charge in [0.1, 0.15) is 0 Å². The van der Waals surface area contributed by atoms with Crippen LogP contribution < -0.4 is 0 Å². The zero-order valence-electron chi connectivity index (χ0n) is 13.6. The number of aliphatic hydroxyl groups is 2. The molecule has 1 fully saturated rings. The number of hydrogen-bond donors (Lipinski definition) is 2. The van der Waals surface area contributed by atoms with Gasteiger partial charge in [0.15, 0.2) is 0 Å². The molecule has 2 N–H and O–H groups in total. The summed E-state index contributed by atoms with van der Waals surface area (Å²) in [6, 6.07) is 0. The monoisotopic (exact) mass is 329 g/mol. The van der Waals surface area contributed by atoms with E-state index in [9.17, 15) is 20.0 Å². The first kappa shape index (κ1) is 19.6. The standard InChI is InChI=1S/C16H27NO6/c1-23-16(20)7-5-3-2-4-6-13-12(10-17(21)22)8-9-14(13)15(19)11-18/h2,4,12-15,18-19H,3,5-11H2,1H3/b4-2-. The molecule has 1 saturated carbocycles. The van der Waals surface area contributed by atoms with Crippen molar-refractivity contribution in [2.24, 2.45) is 17.8 Å². The molecule has 0 heterocycles. The van der Waals surface area contributed by atoms with Crippen molar-refractivity contribution in [3.05, 3.63) is 22.3 Å². The van der Waals surface area contributed by atoms with Gasteiger partial charge in [-0.1, -0.05) is 12.2 Å². The van der Waals surface area contributed by atoms with Crippen LogP contribution >= 0.6 is 0 Å². The second-order valence-corrected chi connectivity index (χ2v) is 6.11. The average Bonchev–Trinajstić information content (AvgIpc) is 2.91. The van der Waals surface area contributed by atoms with Crippen LogP contribution in [0.3, 0.4) is 0 Å². The number of hydrogen-bond acceptors (Lipinski definition) is 6. The maximum Gasteiger partial charge on any atom is 0.305 e. The van der Waals surface area contributed by atoms with Gasteiger partial charge in [0, 0.05) is 17.3 Å². The Bertz CT molecular complexity index is 411. The number of carbonyl (C=O) groups excluding carboxylic acids is 1. The van der Waals surface area contributed by atoms with Crippen molar-refractivity contribution >= 4 is 5.97 Å². The predicted octanol–water partition coefficient (Wildman–Crippen LogP) is 1.55. The highest BCUT2D eigenvalue weighted by Crippen LogP contribution is 2.41. The highest BCUT2D eigenvalue weighted by molar-refractivity contribution is 5.68. The maximum atomic E-state index is 11.0. The summed E-state index contributed by atoms with van der Waals surface area (Å²) in [4.78, 5) is 21.5. The zero-order valence-corrected chi connectivity index (χ0v) is 13.6. The summed E-state index contributed by atoms with van der Waals surface area (Å²) in [5.41, 5.74) is 0. The van der Waals surface area contributed by atoms with Crippen LogP contribution in [-0.4, -0.2) is 47.5 Å². The van der Waals surface area contributed by atoms with E-state index >= 15 is 0 Å². The van der Waals surface area contributed by atoms with Gasteiger partial charge < -0.3 is 14.9 Å². The molecular formula is C16H27NO6. The second kappa shape index (κ2) is 10.3. The minimum absolute atomic E-state index is 0.0133. The van der Waals surface area contributed by atoms with Crippen molar-refractivity contribution in [1.82, 2.24) is 0 Å². The number of ether oxygens (including phenoxy) is 1. The molecular weight excluding hydrogens is 302 g/mol. The molecule has 0 aromatic carbocycles. The Labute approximate surface area is 136 Å². The number of esters is 1. The second-order valence-electron chi connectivity index (χ2n) is 6.11. The first-order valence-electron chi connectivity index (χ1n) is 8.12. The van der Waals surface area contributed by atoms with Gasteiger partial charge in [0.25, 0.3) is 0 Å². The van der Waals surface area contributed by atoms with Crippen LogP contribution in [-0.2, 0) is 9.53 Å². The molecule has 0 saturated heterocycles. The lowest BCUT2D eigenvalue weighted by atomic mass is 9.83. The van der Waals surface area contributed by atoms with E-state index in [0.29, 0.717) is 32.1 Å². The summed E-state index contributed by atoms with van der Waals surface area (Å²) in [6.45, 7) is -0.398. The van der Waals surface area contributed by atoms with Crippen LogP contribution in [0.15, 0.2) is 12.2 Å². The first-order chi connectivity index (χ1) is 11.0. The lowest BCUT2D eigenvalue weighted by molar-refractivity contribution is -0.489. The Morgan fingerprint density at radius 1 is 1.43 bits per heavy atom. The molecule has 1 aliphatic carbocycles. The number of allylic oxidation sites excluding steroid dienone is 2. The lowest BCUT2D eigenvalue weighted by Crippen LogP contribution is -2.30. The highest BCUT2D eigenvalue weighted by atomic mass is 16.6. The molecule has 4 unspecified atom stereocenters. The Balaban J connectivity index is 2.49. The number of aliphatic hydroxyl groups excluding tert-OH is 2. The van der Waals surface area contributed by atoms with E-state index < -0.39 is 6.10 Å². The van der Waals surface area contributed by atoms with E-state index in [2.05, 4.69) is 4.74 Å². The molecule has 1 rings (SSSR count). The Morgan fingerprint density at radius 2 is 2.17 bits per heavy atom. The SMILES string of the molecule is COC(=O)CCC/C=C\CC1C(C[N+](=O)[O-])CCC1C(O)CO. The quantitative estimate of drug-likeness (QED) is 0.207. The van der Waals surface area contributed by atoms with Crippen LogP contribution in [0.1, 0.15) is 38.5 Å². The molecule has 0 radical (unpaired) electrons. The van der Waals surface area contributed by atoms with Crippen LogP contribution in [0, 0.1) is 27.9 Å².